The molecular weight excluding hydrogens is 200 g/mol. The Morgan fingerprint density at radius 3 is 2.50 bits per heavy atom. The fraction of sp³-hybridized carbons (Fsp3) is 0.462. The number of hydrogen-bond donors (Lipinski definition) is 1. The summed E-state index contributed by atoms with van der Waals surface area (Å²) in [6.45, 7) is 7.52. The SMILES string of the molecule is CCc1cccc(NC(=O)N(CC)CC)c1. The van der Waals surface area contributed by atoms with Gasteiger partial charge in [0, 0.05) is 18.8 Å². The van der Waals surface area contributed by atoms with Crippen LogP contribution in [0.15, 0.2) is 24.3 Å². The number of carbonyl (C=O) groups is 1. The fourth-order valence-corrected chi connectivity index (χ4v) is 1.58. The zero-order chi connectivity index (χ0) is 12.0. The number of anilines is 1. The average Bonchev–Trinajstić information content (AvgIpc) is 2.31. The maximum Gasteiger partial charge on any atom is 0.321 e. The third-order valence-electron chi connectivity index (χ3n) is 2.64. The van der Waals surface area contributed by atoms with Crippen molar-refractivity contribution in [2.45, 2.75) is 27.2 Å². The Balaban J connectivity index is 2.68. The Morgan fingerprint density at radius 1 is 1.25 bits per heavy atom. The normalized spacial score (nSPS) is 9.94. The molecule has 1 N–H and O–H groups in total. The van der Waals surface area contributed by atoms with E-state index in [1.807, 2.05) is 32.0 Å². The van der Waals surface area contributed by atoms with Gasteiger partial charge < -0.3 is 10.2 Å². The number of amides is 2. The second kappa shape index (κ2) is 6.16. The molecule has 0 fully saturated rings. The Kier molecular flexibility index (Phi) is 4.83. The lowest BCUT2D eigenvalue weighted by atomic mass is 10.1. The van der Waals surface area contributed by atoms with Crippen molar-refractivity contribution in [1.82, 2.24) is 4.90 Å². The Hall–Kier alpha value is -1.51. The maximum absolute atomic E-state index is 11.8. The van der Waals surface area contributed by atoms with Gasteiger partial charge in [-0.05, 0) is 38.0 Å². The fourth-order valence-electron chi connectivity index (χ4n) is 1.58. The van der Waals surface area contributed by atoms with Gasteiger partial charge in [-0.3, -0.25) is 0 Å². The standard InChI is InChI=1S/C13H20N2O/c1-4-11-8-7-9-12(10-11)14-13(16)15(5-2)6-3/h7-10H,4-6H2,1-3H3,(H,14,16). The topological polar surface area (TPSA) is 32.3 Å². The molecule has 3 heteroatoms. The summed E-state index contributed by atoms with van der Waals surface area (Å²) < 4.78 is 0. The van der Waals surface area contributed by atoms with Crippen LogP contribution in [0, 0.1) is 0 Å². The lowest BCUT2D eigenvalue weighted by Gasteiger charge is -2.19. The van der Waals surface area contributed by atoms with E-state index in [2.05, 4.69) is 18.3 Å². The smallest absolute Gasteiger partial charge is 0.321 e. The summed E-state index contributed by atoms with van der Waals surface area (Å²) in [7, 11) is 0. The first-order chi connectivity index (χ1) is 7.71. The van der Waals surface area contributed by atoms with E-state index < -0.39 is 0 Å². The molecule has 0 aliphatic rings. The van der Waals surface area contributed by atoms with Crippen LogP contribution < -0.4 is 5.32 Å². The van der Waals surface area contributed by atoms with Gasteiger partial charge in [-0.25, -0.2) is 4.79 Å². The second-order valence-corrected chi connectivity index (χ2v) is 3.66. The van der Waals surface area contributed by atoms with Crippen LogP contribution in [0.1, 0.15) is 26.3 Å². The van der Waals surface area contributed by atoms with E-state index in [4.69, 9.17) is 0 Å². The van der Waals surface area contributed by atoms with Crippen LogP contribution >= 0.6 is 0 Å². The van der Waals surface area contributed by atoms with E-state index in [1.165, 1.54) is 5.56 Å². The summed E-state index contributed by atoms with van der Waals surface area (Å²) in [4.78, 5) is 13.6. The molecule has 0 saturated carbocycles. The van der Waals surface area contributed by atoms with E-state index in [9.17, 15) is 4.79 Å². The quantitative estimate of drug-likeness (QED) is 0.830. The molecule has 0 spiro atoms. The first kappa shape index (κ1) is 12.6. The zero-order valence-corrected chi connectivity index (χ0v) is 10.3. The highest BCUT2D eigenvalue weighted by molar-refractivity contribution is 5.89. The van der Waals surface area contributed by atoms with Crippen molar-refractivity contribution in [2.75, 3.05) is 18.4 Å². The van der Waals surface area contributed by atoms with Crippen LogP contribution in [0.3, 0.4) is 0 Å². The number of carbonyl (C=O) groups excluding carboxylic acids is 1. The molecular formula is C13H20N2O. The number of rotatable bonds is 4. The van der Waals surface area contributed by atoms with Crippen LogP contribution in [0.2, 0.25) is 0 Å². The highest BCUT2D eigenvalue weighted by Gasteiger charge is 2.08. The Bertz CT molecular complexity index is 346. The summed E-state index contributed by atoms with van der Waals surface area (Å²) in [6.07, 6.45) is 0.981. The zero-order valence-electron chi connectivity index (χ0n) is 10.3. The maximum atomic E-state index is 11.8. The van der Waals surface area contributed by atoms with Crippen molar-refractivity contribution in [3.63, 3.8) is 0 Å². The second-order valence-electron chi connectivity index (χ2n) is 3.66. The molecule has 2 amide bonds. The molecule has 1 rings (SSSR count). The van der Waals surface area contributed by atoms with Crippen molar-refractivity contribution in [3.05, 3.63) is 29.8 Å². The number of aryl methyl sites for hydroxylation is 1. The first-order valence-electron chi connectivity index (χ1n) is 5.86. The van der Waals surface area contributed by atoms with Crippen molar-refractivity contribution in [2.24, 2.45) is 0 Å². The van der Waals surface area contributed by atoms with Crippen molar-refractivity contribution >= 4 is 11.7 Å². The van der Waals surface area contributed by atoms with Crippen LogP contribution in [0.4, 0.5) is 10.5 Å². The predicted octanol–water partition coefficient (Wildman–Crippen LogP) is 3.12. The van der Waals surface area contributed by atoms with Gasteiger partial charge in [0.25, 0.3) is 0 Å². The number of nitrogens with one attached hydrogen (secondary N) is 1. The number of benzene rings is 1. The summed E-state index contributed by atoms with van der Waals surface area (Å²) in [5.41, 5.74) is 2.11. The number of hydrogen-bond acceptors (Lipinski definition) is 1. The van der Waals surface area contributed by atoms with Gasteiger partial charge in [0.1, 0.15) is 0 Å². The van der Waals surface area contributed by atoms with Gasteiger partial charge in [-0.15, -0.1) is 0 Å². The van der Waals surface area contributed by atoms with Gasteiger partial charge in [0.05, 0.1) is 0 Å². The molecule has 88 valence electrons. The van der Waals surface area contributed by atoms with Crippen LogP contribution in [-0.4, -0.2) is 24.0 Å². The monoisotopic (exact) mass is 220 g/mol. The average molecular weight is 220 g/mol. The van der Waals surface area contributed by atoms with E-state index in [1.54, 1.807) is 4.90 Å². The van der Waals surface area contributed by atoms with Gasteiger partial charge >= 0.3 is 6.03 Å². The molecule has 0 aliphatic heterocycles. The van der Waals surface area contributed by atoms with Crippen molar-refractivity contribution in [1.29, 1.82) is 0 Å². The molecule has 0 radical (unpaired) electrons. The summed E-state index contributed by atoms with van der Waals surface area (Å²) in [5.74, 6) is 0. The largest absolute Gasteiger partial charge is 0.325 e. The number of urea groups is 1. The summed E-state index contributed by atoms with van der Waals surface area (Å²) in [6, 6.07) is 7.93. The third-order valence-corrected chi connectivity index (χ3v) is 2.64. The van der Waals surface area contributed by atoms with Crippen LogP contribution in [0.25, 0.3) is 0 Å². The molecule has 0 aliphatic carbocycles. The highest BCUT2D eigenvalue weighted by Crippen LogP contribution is 2.11. The molecule has 0 heterocycles. The van der Waals surface area contributed by atoms with Crippen LogP contribution in [-0.2, 0) is 6.42 Å². The Morgan fingerprint density at radius 2 is 1.94 bits per heavy atom. The van der Waals surface area contributed by atoms with Gasteiger partial charge in [-0.2, -0.15) is 0 Å². The minimum absolute atomic E-state index is 0.0294. The Labute approximate surface area is 97.5 Å². The molecule has 3 nitrogen and oxygen atoms in total. The highest BCUT2D eigenvalue weighted by atomic mass is 16.2. The molecule has 16 heavy (non-hydrogen) atoms. The number of nitrogens with zero attached hydrogens (tertiary/aromatic N) is 1. The summed E-state index contributed by atoms with van der Waals surface area (Å²) in [5, 5.41) is 2.91. The van der Waals surface area contributed by atoms with E-state index in [0.29, 0.717) is 0 Å². The molecule has 0 unspecified atom stereocenters. The third kappa shape index (κ3) is 3.26. The van der Waals surface area contributed by atoms with Gasteiger partial charge in [0.15, 0.2) is 0 Å². The van der Waals surface area contributed by atoms with Crippen molar-refractivity contribution in [3.8, 4) is 0 Å². The molecule has 1 aromatic carbocycles. The molecule has 0 bridgehead atoms. The lowest BCUT2D eigenvalue weighted by Crippen LogP contribution is -2.34. The van der Waals surface area contributed by atoms with Gasteiger partial charge in [0.2, 0.25) is 0 Å². The minimum atomic E-state index is -0.0294. The van der Waals surface area contributed by atoms with E-state index >= 15 is 0 Å². The first-order valence-corrected chi connectivity index (χ1v) is 5.86. The predicted molar refractivity (Wildman–Crippen MR) is 67.8 cm³/mol. The van der Waals surface area contributed by atoms with Gasteiger partial charge in [-0.1, -0.05) is 19.1 Å². The molecule has 0 aromatic heterocycles. The lowest BCUT2D eigenvalue weighted by molar-refractivity contribution is 0.217. The minimum Gasteiger partial charge on any atom is -0.325 e. The van der Waals surface area contributed by atoms with Crippen LogP contribution in [0.5, 0.6) is 0 Å². The molecule has 1 aromatic rings. The van der Waals surface area contributed by atoms with Crippen molar-refractivity contribution < 1.29 is 4.79 Å². The summed E-state index contributed by atoms with van der Waals surface area (Å²) >= 11 is 0. The molecule has 0 saturated heterocycles. The van der Waals surface area contributed by atoms with E-state index in [0.717, 1.165) is 25.2 Å². The molecule has 0 atom stereocenters. The van der Waals surface area contributed by atoms with E-state index in [-0.39, 0.29) is 6.03 Å².